The van der Waals surface area contributed by atoms with Gasteiger partial charge in [-0.15, -0.1) is 0 Å². The average molecular weight is 930 g/mol. The molecule has 0 radical (unpaired) electrons. The van der Waals surface area contributed by atoms with Crippen molar-refractivity contribution in [3.8, 4) is 107 Å². The van der Waals surface area contributed by atoms with Crippen LogP contribution >= 0.6 is 0 Å². The molecule has 0 unspecified atom stereocenters. The lowest BCUT2D eigenvalue weighted by molar-refractivity contribution is 0.413. The summed E-state index contributed by atoms with van der Waals surface area (Å²) in [5, 5.41) is 38.7. The molecule has 73 heavy (non-hydrogen) atoms. The molecule has 7 nitrogen and oxygen atoms in total. The molecule has 0 amide bonds. The van der Waals surface area contributed by atoms with Gasteiger partial charge in [-0.3, -0.25) is 4.90 Å². The van der Waals surface area contributed by atoms with Crippen LogP contribution in [0.15, 0.2) is 176 Å². The molecule has 0 N–H and O–H groups in total. The van der Waals surface area contributed by atoms with Gasteiger partial charge in [-0.2, -0.15) is 21.0 Å². The second-order valence-corrected chi connectivity index (χ2v) is 15.6. The van der Waals surface area contributed by atoms with E-state index < -0.39 is 0 Å². The Morgan fingerprint density at radius 1 is 0.288 bits per heavy atom. The fraction of sp³-hybridized carbons (Fsp3) is 0.0303. The van der Waals surface area contributed by atoms with E-state index in [9.17, 15) is 21.0 Å². The summed E-state index contributed by atoms with van der Waals surface area (Å²) >= 11 is 0. The van der Waals surface area contributed by atoms with Crippen LogP contribution < -0.4 is 14.4 Å². The maximum Gasteiger partial charge on any atom is 0.135 e. The molecule has 8 rings (SSSR count). The Morgan fingerprint density at radius 2 is 0.616 bits per heavy atom. The fourth-order valence-corrected chi connectivity index (χ4v) is 7.13. The highest BCUT2D eigenvalue weighted by atomic mass is 16.5. The number of nitriles is 4. The van der Waals surface area contributed by atoms with Crippen molar-refractivity contribution in [3.63, 3.8) is 0 Å². The van der Waals surface area contributed by atoms with Gasteiger partial charge in [0, 0.05) is 56.1 Å². The first-order valence-electron chi connectivity index (χ1n) is 22.4. The zero-order valence-corrected chi connectivity index (χ0v) is 39.3. The third-order valence-electron chi connectivity index (χ3n) is 10.9. The quantitative estimate of drug-likeness (QED) is 0.127. The van der Waals surface area contributed by atoms with E-state index in [1.807, 2.05) is 120 Å². The third kappa shape index (κ3) is 12.1. The highest BCUT2D eigenvalue weighted by molar-refractivity contribution is 5.71. The molecule has 0 aromatic heterocycles. The lowest BCUT2D eigenvalue weighted by Crippen LogP contribution is -2.09. The minimum atomic E-state index is 0.381. The Bertz CT molecular complexity index is 3830. The molecule has 8 aromatic carbocycles. The molecule has 0 heterocycles. The smallest absolute Gasteiger partial charge is 0.135 e. The molecule has 8 aromatic rings. The molecule has 0 aliphatic carbocycles. The molecule has 0 fully saturated rings. The number of benzene rings is 8. The molecule has 0 spiro atoms. The summed E-state index contributed by atoms with van der Waals surface area (Å²) in [5.74, 6) is 35.8. The highest BCUT2D eigenvalue weighted by Crippen LogP contribution is 2.27. The largest absolute Gasteiger partial charge is 0.495 e. The minimum absolute atomic E-state index is 0.381. The van der Waals surface area contributed by atoms with Crippen molar-refractivity contribution in [2.45, 2.75) is 0 Å². The van der Waals surface area contributed by atoms with E-state index >= 15 is 0 Å². The van der Waals surface area contributed by atoms with Crippen LogP contribution in [-0.2, 0) is 0 Å². The summed E-state index contributed by atoms with van der Waals surface area (Å²) < 4.78 is 11.3. The summed E-state index contributed by atoms with van der Waals surface area (Å²) in [4.78, 5) is 1.87. The molecule has 336 valence electrons. The Balaban J connectivity index is 1.07. The van der Waals surface area contributed by atoms with E-state index in [1.165, 1.54) is 0 Å². The van der Waals surface area contributed by atoms with Gasteiger partial charge >= 0.3 is 0 Å². The van der Waals surface area contributed by atoms with Crippen LogP contribution in [-0.4, -0.2) is 14.2 Å². The number of para-hydroxylation sites is 1. The predicted molar refractivity (Wildman–Crippen MR) is 282 cm³/mol. The molecule has 0 bridgehead atoms. The molecule has 0 aliphatic heterocycles. The average Bonchev–Trinajstić information content (AvgIpc) is 3.45. The van der Waals surface area contributed by atoms with Crippen molar-refractivity contribution in [2.24, 2.45) is 0 Å². The van der Waals surface area contributed by atoms with E-state index in [0.717, 1.165) is 33.6 Å². The minimum Gasteiger partial charge on any atom is -0.495 e. The van der Waals surface area contributed by atoms with Crippen LogP contribution in [0.5, 0.6) is 11.5 Å². The van der Waals surface area contributed by atoms with Gasteiger partial charge in [-0.25, -0.2) is 0 Å². The van der Waals surface area contributed by atoms with Crippen LogP contribution in [0.3, 0.4) is 0 Å². The predicted octanol–water partition coefficient (Wildman–Crippen LogP) is 11.3. The lowest BCUT2D eigenvalue weighted by Gasteiger charge is -2.18. The van der Waals surface area contributed by atoms with Gasteiger partial charge in [-0.05, 0) is 145 Å². The highest BCUT2D eigenvalue weighted by Gasteiger charge is 2.10. The van der Waals surface area contributed by atoms with Crippen LogP contribution in [0.2, 0.25) is 0 Å². The van der Waals surface area contributed by atoms with Gasteiger partial charge in [-0.1, -0.05) is 95.6 Å². The maximum atomic E-state index is 9.93. The second kappa shape index (κ2) is 23.5. The molecule has 0 atom stereocenters. The Kier molecular flexibility index (Phi) is 15.4. The first-order chi connectivity index (χ1) is 35.9. The summed E-state index contributed by atoms with van der Waals surface area (Å²) in [6.45, 7) is 0. The van der Waals surface area contributed by atoms with E-state index in [1.54, 1.807) is 74.9 Å². The molecule has 0 saturated carbocycles. The monoisotopic (exact) mass is 929 g/mol. The number of methoxy groups -OCH3 is 2. The van der Waals surface area contributed by atoms with Gasteiger partial charge in [0.1, 0.15) is 35.8 Å². The normalized spacial score (nSPS) is 9.34. The van der Waals surface area contributed by atoms with Crippen LogP contribution in [0.25, 0.3) is 0 Å². The van der Waals surface area contributed by atoms with E-state index in [0.29, 0.717) is 72.7 Å². The molecule has 7 heteroatoms. The number of nitrogens with zero attached hydrogens (tertiary/aromatic N) is 5. The Morgan fingerprint density at radius 3 is 1.07 bits per heavy atom. The van der Waals surface area contributed by atoms with Crippen LogP contribution in [0, 0.1) is 116 Å². The van der Waals surface area contributed by atoms with E-state index in [2.05, 4.69) is 95.4 Å². The first-order valence-corrected chi connectivity index (χ1v) is 22.4. The summed E-state index contributed by atoms with van der Waals surface area (Å²) in [7, 11) is 3.21. The molecular weight excluding hydrogens is 895 g/mol. The first kappa shape index (κ1) is 48.0. The summed E-state index contributed by atoms with van der Waals surface area (Å²) in [5.41, 5.74) is 10.5. The van der Waals surface area contributed by atoms with E-state index in [-0.39, 0.29) is 0 Å². The van der Waals surface area contributed by atoms with Crippen LogP contribution in [0.1, 0.15) is 83.5 Å². The standard InChI is InChI=1S/C66H35N5O2/c1-72-65-14-8-7-11-57(65)29-21-52-22-30-58(66(43-52)73-2)39-40-71(63-35-23-48(24-36-63)15-17-50-19-27-55(61(41-50)46-69)33-31-53-9-3-5-12-59(53)44-67)64-37-25-49(26-38-64)16-18-51-20-28-56(62(42-51)47-70)34-32-54-10-4-6-13-60(54)45-68/h3-14,19-20,22-28,30,35-38,41-43H,1-2H3. The summed E-state index contributed by atoms with van der Waals surface area (Å²) in [6, 6.07) is 65.3. The van der Waals surface area contributed by atoms with E-state index in [4.69, 9.17) is 9.47 Å². The number of hydrogen-bond donors (Lipinski definition) is 0. The van der Waals surface area contributed by atoms with Crippen LogP contribution in [0.4, 0.5) is 11.4 Å². The zero-order valence-electron chi connectivity index (χ0n) is 39.3. The third-order valence-corrected chi connectivity index (χ3v) is 10.9. The second-order valence-electron chi connectivity index (χ2n) is 15.6. The fourth-order valence-electron chi connectivity index (χ4n) is 7.13. The molecular formula is C66H35N5O2. The summed E-state index contributed by atoms with van der Waals surface area (Å²) in [6.07, 6.45) is 0. The maximum absolute atomic E-state index is 9.93. The van der Waals surface area contributed by atoms with Gasteiger partial charge < -0.3 is 9.47 Å². The van der Waals surface area contributed by atoms with Gasteiger partial charge in [0.15, 0.2) is 0 Å². The Hall–Kier alpha value is -11.5. The Labute approximate surface area is 425 Å². The number of ether oxygens (including phenoxy) is 2. The number of hydrogen-bond acceptors (Lipinski definition) is 7. The zero-order chi connectivity index (χ0) is 50.8. The van der Waals surface area contributed by atoms with Gasteiger partial charge in [0.2, 0.25) is 0 Å². The number of rotatable bonds is 4. The van der Waals surface area contributed by atoms with Crippen molar-refractivity contribution in [1.82, 2.24) is 0 Å². The van der Waals surface area contributed by atoms with Crippen molar-refractivity contribution >= 4 is 11.4 Å². The van der Waals surface area contributed by atoms with Gasteiger partial charge in [0.25, 0.3) is 0 Å². The SMILES string of the molecule is COc1ccccc1C#Cc1ccc(C#CN(c2ccc(C#Cc3ccc(C#Cc4ccccc4C#N)c(C#N)c3)cc2)c2ccc(C#Cc3ccc(C#Cc4ccccc4C#N)c(C#N)c3)cc2)c(OC)c1. The number of anilines is 2. The topological polar surface area (TPSA) is 117 Å². The van der Waals surface area contributed by atoms with Crippen molar-refractivity contribution in [2.75, 3.05) is 19.1 Å². The van der Waals surface area contributed by atoms with Gasteiger partial charge in [0.05, 0.1) is 59.0 Å². The van der Waals surface area contributed by atoms with Crippen molar-refractivity contribution in [3.05, 3.63) is 259 Å². The molecule has 0 saturated heterocycles. The molecule has 0 aliphatic rings. The van der Waals surface area contributed by atoms with Crippen molar-refractivity contribution < 1.29 is 9.47 Å². The lowest BCUT2D eigenvalue weighted by atomic mass is 10.0. The van der Waals surface area contributed by atoms with Crippen molar-refractivity contribution in [1.29, 1.82) is 21.0 Å².